The Bertz CT molecular complexity index is 748. The standard InChI is InChI=1S/C20H24NO2P/c1-14-3-7-16(8-4-14)19-13-18(24(22)23)11-12-20(19,21)17-9-5-15(2)6-10-17/h3-10,19H,11-13,21H2,1-2H3,(H,22,23). The number of benzene rings is 2. The molecule has 1 fully saturated rings. The Morgan fingerprint density at radius 3 is 2.12 bits per heavy atom. The van der Waals surface area contributed by atoms with Gasteiger partial charge in [0.15, 0.2) is 0 Å². The van der Waals surface area contributed by atoms with Crippen molar-refractivity contribution in [3.63, 3.8) is 0 Å². The van der Waals surface area contributed by atoms with Gasteiger partial charge in [-0.2, -0.15) is 4.89 Å². The van der Waals surface area contributed by atoms with E-state index < -0.39 is 13.5 Å². The van der Waals surface area contributed by atoms with Crippen LogP contribution in [0.5, 0.6) is 0 Å². The van der Waals surface area contributed by atoms with Gasteiger partial charge < -0.3 is 10.6 Å². The van der Waals surface area contributed by atoms with Crippen LogP contribution in [0.2, 0.25) is 0 Å². The molecule has 0 aliphatic heterocycles. The Morgan fingerprint density at radius 1 is 1.04 bits per heavy atom. The van der Waals surface area contributed by atoms with Crippen LogP contribution < -0.4 is 10.6 Å². The second-order valence-electron chi connectivity index (χ2n) is 6.91. The summed E-state index contributed by atoms with van der Waals surface area (Å²) in [6.45, 7) is 4.12. The molecule has 3 N–H and O–H groups in total. The normalized spacial score (nSPS) is 26.3. The fraction of sp³-hybridized carbons (Fsp3) is 0.350. The Hall–Kier alpha value is -1.51. The van der Waals surface area contributed by atoms with Crippen molar-refractivity contribution in [3.05, 3.63) is 70.8 Å². The van der Waals surface area contributed by atoms with Gasteiger partial charge in [-0.1, -0.05) is 59.7 Å². The van der Waals surface area contributed by atoms with Gasteiger partial charge in [0, 0.05) is 24.3 Å². The molecule has 0 amide bonds. The molecular weight excluding hydrogens is 317 g/mol. The highest BCUT2D eigenvalue weighted by Crippen LogP contribution is 2.46. The first-order valence-corrected chi connectivity index (χ1v) is 9.55. The molecule has 0 radical (unpaired) electrons. The summed E-state index contributed by atoms with van der Waals surface area (Å²) < 4.78 is 0. The highest BCUT2D eigenvalue weighted by molar-refractivity contribution is 7.45. The molecule has 24 heavy (non-hydrogen) atoms. The third-order valence-electron chi connectivity index (χ3n) is 5.23. The van der Waals surface area contributed by atoms with Crippen LogP contribution in [0.4, 0.5) is 0 Å². The van der Waals surface area contributed by atoms with E-state index in [1.165, 1.54) is 11.1 Å². The second-order valence-corrected chi connectivity index (χ2v) is 8.09. The molecule has 2 aromatic carbocycles. The van der Waals surface area contributed by atoms with Gasteiger partial charge in [-0.05, 0) is 31.4 Å². The summed E-state index contributed by atoms with van der Waals surface area (Å²) in [5, 5.41) is 0.726. The van der Waals surface area contributed by atoms with Crippen molar-refractivity contribution in [2.75, 3.05) is 0 Å². The average Bonchev–Trinajstić information content (AvgIpc) is 2.56. The monoisotopic (exact) mass is 341 g/mol. The fourth-order valence-electron chi connectivity index (χ4n) is 3.64. The summed E-state index contributed by atoms with van der Waals surface area (Å²) in [5.74, 6) is 0.00987. The van der Waals surface area contributed by atoms with Crippen LogP contribution in [-0.2, 0) is 5.54 Å². The molecule has 1 saturated carbocycles. The summed E-state index contributed by atoms with van der Waals surface area (Å²) in [5.41, 5.74) is 11.0. The van der Waals surface area contributed by atoms with Gasteiger partial charge in [-0.3, -0.25) is 0 Å². The first kappa shape index (κ1) is 17.3. The Labute approximate surface area is 144 Å². The minimum absolute atomic E-state index is 0.00987. The van der Waals surface area contributed by atoms with Crippen molar-refractivity contribution in [1.82, 2.24) is 0 Å². The predicted molar refractivity (Wildman–Crippen MR) is 99.0 cm³/mol. The molecule has 0 bridgehead atoms. The zero-order chi connectivity index (χ0) is 17.3. The molecule has 1 aliphatic carbocycles. The van der Waals surface area contributed by atoms with E-state index in [4.69, 9.17) is 5.73 Å². The SMILES string of the molecule is Cc1ccc(C2C/C(=[P+](/[O-])O)CCC2(N)c2ccc(C)cc2)cc1. The molecule has 0 saturated heterocycles. The van der Waals surface area contributed by atoms with E-state index >= 15 is 0 Å². The molecule has 1 aliphatic rings. The van der Waals surface area contributed by atoms with E-state index in [0.29, 0.717) is 19.3 Å². The number of aryl methyl sites for hydroxylation is 2. The van der Waals surface area contributed by atoms with Gasteiger partial charge in [0.1, 0.15) is 5.29 Å². The number of nitrogens with two attached hydrogens (primary N) is 1. The lowest BCUT2D eigenvalue weighted by atomic mass is 9.66. The van der Waals surface area contributed by atoms with E-state index in [1.807, 2.05) is 0 Å². The minimum Gasteiger partial charge on any atom is -0.603 e. The molecule has 0 aromatic heterocycles. The molecule has 4 heteroatoms. The van der Waals surface area contributed by atoms with Gasteiger partial charge in [-0.15, -0.1) is 0 Å². The zero-order valence-corrected chi connectivity index (χ0v) is 15.1. The number of hydrogen-bond acceptors (Lipinski definition) is 3. The summed E-state index contributed by atoms with van der Waals surface area (Å²) in [7, 11) is -2.25. The molecule has 3 atom stereocenters. The van der Waals surface area contributed by atoms with Crippen molar-refractivity contribution < 1.29 is 9.79 Å². The molecule has 0 spiro atoms. The molecule has 3 nitrogen and oxygen atoms in total. The van der Waals surface area contributed by atoms with Crippen LogP contribution in [0.25, 0.3) is 0 Å². The highest BCUT2D eigenvalue weighted by Gasteiger charge is 2.43. The zero-order valence-electron chi connectivity index (χ0n) is 14.2. The van der Waals surface area contributed by atoms with Crippen molar-refractivity contribution in [2.24, 2.45) is 5.73 Å². The lowest BCUT2D eigenvalue weighted by molar-refractivity contribution is -0.167. The molecular formula is C20H24NO2P. The summed E-state index contributed by atoms with van der Waals surface area (Å²) in [6, 6.07) is 16.7. The van der Waals surface area contributed by atoms with Crippen molar-refractivity contribution >= 4 is 13.3 Å². The third kappa shape index (κ3) is 3.31. The molecule has 126 valence electrons. The first-order valence-electron chi connectivity index (χ1n) is 8.33. The summed E-state index contributed by atoms with van der Waals surface area (Å²) in [6.07, 6.45) is 1.86. The van der Waals surface area contributed by atoms with Crippen LogP contribution in [0.3, 0.4) is 0 Å². The van der Waals surface area contributed by atoms with Crippen LogP contribution in [0.1, 0.15) is 47.4 Å². The summed E-state index contributed by atoms with van der Waals surface area (Å²) in [4.78, 5) is 21.2. The lowest BCUT2D eigenvalue weighted by Crippen LogP contribution is -2.47. The van der Waals surface area contributed by atoms with Gasteiger partial charge in [-0.25, -0.2) is 0 Å². The molecule has 2 aromatic rings. The van der Waals surface area contributed by atoms with E-state index in [2.05, 4.69) is 62.4 Å². The largest absolute Gasteiger partial charge is 0.603 e. The van der Waals surface area contributed by atoms with E-state index in [-0.39, 0.29) is 5.92 Å². The third-order valence-corrected chi connectivity index (χ3v) is 6.18. The van der Waals surface area contributed by atoms with E-state index in [1.54, 1.807) is 0 Å². The molecule has 3 rings (SSSR count). The average molecular weight is 341 g/mol. The fourth-order valence-corrected chi connectivity index (χ4v) is 4.28. The summed E-state index contributed by atoms with van der Waals surface area (Å²) >= 11 is 0. The Morgan fingerprint density at radius 2 is 1.58 bits per heavy atom. The number of hydrogen-bond donors (Lipinski definition) is 2. The molecule has 3 unspecified atom stereocenters. The van der Waals surface area contributed by atoms with Crippen LogP contribution >= 0.6 is 8.00 Å². The van der Waals surface area contributed by atoms with Crippen LogP contribution in [-0.4, -0.2) is 10.2 Å². The van der Waals surface area contributed by atoms with E-state index in [0.717, 1.165) is 16.4 Å². The quantitative estimate of drug-likeness (QED) is 0.824. The Balaban J connectivity index is 2.06. The van der Waals surface area contributed by atoms with Crippen LogP contribution in [0, 0.1) is 13.8 Å². The van der Waals surface area contributed by atoms with Crippen molar-refractivity contribution in [1.29, 1.82) is 0 Å². The maximum Gasteiger partial charge on any atom is 0.216 e. The van der Waals surface area contributed by atoms with Gasteiger partial charge in [0.05, 0.1) is 0 Å². The van der Waals surface area contributed by atoms with Crippen molar-refractivity contribution in [3.8, 4) is 0 Å². The Kier molecular flexibility index (Phi) is 4.89. The van der Waals surface area contributed by atoms with Crippen LogP contribution in [0.15, 0.2) is 48.5 Å². The van der Waals surface area contributed by atoms with Gasteiger partial charge in [0.2, 0.25) is 8.00 Å². The van der Waals surface area contributed by atoms with Gasteiger partial charge >= 0.3 is 0 Å². The maximum absolute atomic E-state index is 11.6. The second kappa shape index (κ2) is 6.78. The minimum atomic E-state index is -2.25. The lowest BCUT2D eigenvalue weighted by Gasteiger charge is -2.42. The van der Waals surface area contributed by atoms with Gasteiger partial charge in [0.25, 0.3) is 0 Å². The number of rotatable bonds is 2. The highest BCUT2D eigenvalue weighted by atomic mass is 31.1. The van der Waals surface area contributed by atoms with Crippen molar-refractivity contribution in [2.45, 2.75) is 44.6 Å². The smallest absolute Gasteiger partial charge is 0.216 e. The molecule has 0 heterocycles. The topological polar surface area (TPSA) is 69.3 Å². The first-order chi connectivity index (χ1) is 11.4. The van der Waals surface area contributed by atoms with E-state index in [9.17, 15) is 9.79 Å². The maximum atomic E-state index is 11.6. The predicted octanol–water partition coefficient (Wildman–Crippen LogP) is 3.26.